The number of nitrogens with zero attached hydrogens (tertiary/aromatic N) is 1. The van der Waals surface area contributed by atoms with Crippen molar-refractivity contribution in [3.63, 3.8) is 0 Å². The standard InChI is InChI=1S/C23H29ClN2O3/c1-4-5-14-25-23(28)18(3)26(15-19-12-10-17(2)11-13-19)22(27)16-29-21-9-7-6-8-20(21)24/h6-13,18H,4-5,14-16H2,1-3H3,(H,25,28)/t18-/m0/s1. The maximum atomic E-state index is 13.0. The van der Waals surface area contributed by atoms with E-state index in [0.29, 0.717) is 23.9 Å². The third-order valence-electron chi connectivity index (χ3n) is 4.66. The first-order chi connectivity index (χ1) is 13.9. The summed E-state index contributed by atoms with van der Waals surface area (Å²) in [6, 6.07) is 14.3. The summed E-state index contributed by atoms with van der Waals surface area (Å²) in [5.74, 6) is -0.00172. The van der Waals surface area contributed by atoms with Crippen molar-refractivity contribution < 1.29 is 14.3 Å². The van der Waals surface area contributed by atoms with Gasteiger partial charge in [0.05, 0.1) is 5.02 Å². The summed E-state index contributed by atoms with van der Waals surface area (Å²) in [5, 5.41) is 3.34. The van der Waals surface area contributed by atoms with Crippen LogP contribution in [-0.2, 0) is 16.1 Å². The van der Waals surface area contributed by atoms with Gasteiger partial charge in [0.25, 0.3) is 5.91 Å². The van der Waals surface area contributed by atoms with E-state index >= 15 is 0 Å². The smallest absolute Gasteiger partial charge is 0.261 e. The second-order valence-corrected chi connectivity index (χ2v) is 7.45. The minimum atomic E-state index is -0.615. The zero-order chi connectivity index (χ0) is 21.2. The Bertz CT molecular complexity index is 808. The number of ether oxygens (including phenoxy) is 1. The lowest BCUT2D eigenvalue weighted by Gasteiger charge is -2.29. The van der Waals surface area contributed by atoms with Gasteiger partial charge >= 0.3 is 0 Å². The summed E-state index contributed by atoms with van der Waals surface area (Å²) in [6.45, 7) is 6.55. The monoisotopic (exact) mass is 416 g/mol. The highest BCUT2D eigenvalue weighted by Gasteiger charge is 2.26. The van der Waals surface area contributed by atoms with Crippen LogP contribution in [-0.4, -0.2) is 35.9 Å². The molecule has 0 aliphatic heterocycles. The molecule has 2 aromatic carbocycles. The Balaban J connectivity index is 2.11. The minimum absolute atomic E-state index is 0.170. The first kappa shape index (κ1) is 22.8. The van der Waals surface area contributed by atoms with Crippen molar-refractivity contribution >= 4 is 23.4 Å². The molecule has 2 rings (SSSR count). The van der Waals surface area contributed by atoms with Crippen LogP contribution in [0.4, 0.5) is 0 Å². The van der Waals surface area contributed by atoms with Gasteiger partial charge in [-0.1, -0.05) is 66.9 Å². The molecular formula is C23H29ClN2O3. The van der Waals surface area contributed by atoms with Gasteiger partial charge in [-0.05, 0) is 38.0 Å². The molecule has 5 nitrogen and oxygen atoms in total. The molecule has 0 saturated heterocycles. The predicted molar refractivity (Wildman–Crippen MR) is 116 cm³/mol. The van der Waals surface area contributed by atoms with E-state index in [0.717, 1.165) is 24.0 Å². The number of carbonyl (C=O) groups excluding carboxylic acids is 2. The van der Waals surface area contributed by atoms with Crippen molar-refractivity contribution in [2.45, 2.75) is 46.2 Å². The highest BCUT2D eigenvalue weighted by molar-refractivity contribution is 6.32. The topological polar surface area (TPSA) is 58.6 Å². The van der Waals surface area contributed by atoms with Gasteiger partial charge in [0.1, 0.15) is 11.8 Å². The van der Waals surface area contributed by atoms with E-state index in [1.165, 1.54) is 0 Å². The van der Waals surface area contributed by atoms with Crippen molar-refractivity contribution in [3.8, 4) is 5.75 Å². The zero-order valence-corrected chi connectivity index (χ0v) is 18.0. The number of carbonyl (C=O) groups is 2. The Morgan fingerprint density at radius 3 is 2.48 bits per heavy atom. The van der Waals surface area contributed by atoms with Crippen LogP contribution in [0.15, 0.2) is 48.5 Å². The summed E-state index contributed by atoms with van der Waals surface area (Å²) in [6.07, 6.45) is 1.90. The Labute approximate surface area is 178 Å². The number of hydrogen-bond acceptors (Lipinski definition) is 3. The van der Waals surface area contributed by atoms with Crippen molar-refractivity contribution in [2.75, 3.05) is 13.2 Å². The van der Waals surface area contributed by atoms with Crippen LogP contribution >= 0.6 is 11.6 Å². The third-order valence-corrected chi connectivity index (χ3v) is 4.97. The normalized spacial score (nSPS) is 11.6. The number of rotatable bonds is 10. The molecular weight excluding hydrogens is 388 g/mol. The van der Waals surface area contributed by atoms with E-state index in [1.54, 1.807) is 36.1 Å². The molecule has 2 amide bonds. The second-order valence-electron chi connectivity index (χ2n) is 7.05. The number of benzene rings is 2. The fourth-order valence-corrected chi connectivity index (χ4v) is 2.98. The highest BCUT2D eigenvalue weighted by atomic mass is 35.5. The first-order valence-electron chi connectivity index (χ1n) is 9.92. The van der Waals surface area contributed by atoms with Crippen LogP contribution in [0.3, 0.4) is 0 Å². The molecule has 29 heavy (non-hydrogen) atoms. The van der Waals surface area contributed by atoms with Crippen molar-refractivity contribution in [1.82, 2.24) is 10.2 Å². The number of halogens is 1. The van der Waals surface area contributed by atoms with Crippen molar-refractivity contribution in [1.29, 1.82) is 0 Å². The third kappa shape index (κ3) is 7.09. The minimum Gasteiger partial charge on any atom is -0.482 e. The van der Waals surface area contributed by atoms with Gasteiger partial charge in [-0.3, -0.25) is 9.59 Å². The van der Waals surface area contributed by atoms with Gasteiger partial charge in [0.2, 0.25) is 5.91 Å². The second kappa shape index (κ2) is 11.5. The van der Waals surface area contributed by atoms with Crippen molar-refractivity contribution in [3.05, 3.63) is 64.7 Å². The van der Waals surface area contributed by atoms with Crippen LogP contribution in [0.2, 0.25) is 5.02 Å². The van der Waals surface area contributed by atoms with E-state index in [2.05, 4.69) is 12.2 Å². The molecule has 0 aromatic heterocycles. The Kier molecular flexibility index (Phi) is 9.00. The summed E-state index contributed by atoms with van der Waals surface area (Å²) in [4.78, 5) is 27.1. The molecule has 0 radical (unpaired) electrons. The number of nitrogens with one attached hydrogen (secondary N) is 1. The van der Waals surface area contributed by atoms with Gasteiger partial charge in [0, 0.05) is 13.1 Å². The molecule has 0 fully saturated rings. The molecule has 0 aliphatic rings. The van der Waals surface area contributed by atoms with E-state index in [4.69, 9.17) is 16.3 Å². The number of unbranched alkanes of at least 4 members (excludes halogenated alkanes) is 1. The molecule has 0 heterocycles. The molecule has 0 spiro atoms. The van der Waals surface area contributed by atoms with Gasteiger partial charge in [0.15, 0.2) is 6.61 Å². The van der Waals surface area contributed by atoms with Crippen LogP contribution in [0.25, 0.3) is 0 Å². The molecule has 0 unspecified atom stereocenters. The number of para-hydroxylation sites is 1. The van der Waals surface area contributed by atoms with E-state index in [1.807, 2.05) is 31.2 Å². The lowest BCUT2D eigenvalue weighted by molar-refractivity contribution is -0.142. The fourth-order valence-electron chi connectivity index (χ4n) is 2.79. The summed E-state index contributed by atoms with van der Waals surface area (Å²) in [5.41, 5.74) is 2.09. The lowest BCUT2D eigenvalue weighted by atomic mass is 10.1. The van der Waals surface area contributed by atoms with E-state index < -0.39 is 6.04 Å². The summed E-state index contributed by atoms with van der Waals surface area (Å²) >= 11 is 6.10. The molecule has 1 atom stereocenters. The predicted octanol–water partition coefficient (Wildman–Crippen LogP) is 4.36. The SMILES string of the molecule is CCCCNC(=O)[C@H](C)N(Cc1ccc(C)cc1)C(=O)COc1ccccc1Cl. The molecule has 156 valence electrons. The molecule has 0 saturated carbocycles. The maximum absolute atomic E-state index is 13.0. The van der Waals surface area contributed by atoms with E-state index in [9.17, 15) is 9.59 Å². The number of aryl methyl sites for hydroxylation is 1. The fraction of sp³-hybridized carbons (Fsp3) is 0.391. The average Bonchev–Trinajstić information content (AvgIpc) is 2.72. The Morgan fingerprint density at radius 1 is 1.14 bits per heavy atom. The lowest BCUT2D eigenvalue weighted by Crippen LogP contribution is -2.49. The van der Waals surface area contributed by atoms with Gasteiger partial charge < -0.3 is 15.0 Å². The van der Waals surface area contributed by atoms with Gasteiger partial charge in [-0.25, -0.2) is 0 Å². The molecule has 6 heteroatoms. The highest BCUT2D eigenvalue weighted by Crippen LogP contribution is 2.23. The molecule has 2 aromatic rings. The van der Waals surface area contributed by atoms with Crippen LogP contribution in [0.5, 0.6) is 5.75 Å². The average molecular weight is 417 g/mol. The van der Waals surface area contributed by atoms with E-state index in [-0.39, 0.29) is 18.4 Å². The number of amides is 2. The number of hydrogen-bond donors (Lipinski definition) is 1. The van der Waals surface area contributed by atoms with Gasteiger partial charge in [-0.15, -0.1) is 0 Å². The van der Waals surface area contributed by atoms with Crippen LogP contribution in [0.1, 0.15) is 37.8 Å². The Morgan fingerprint density at radius 2 is 1.83 bits per heavy atom. The molecule has 1 N–H and O–H groups in total. The summed E-state index contributed by atoms with van der Waals surface area (Å²) < 4.78 is 5.61. The molecule has 0 aliphatic carbocycles. The van der Waals surface area contributed by atoms with Crippen LogP contribution < -0.4 is 10.1 Å². The largest absolute Gasteiger partial charge is 0.482 e. The zero-order valence-electron chi connectivity index (χ0n) is 17.3. The Hall–Kier alpha value is -2.53. The van der Waals surface area contributed by atoms with Crippen molar-refractivity contribution in [2.24, 2.45) is 0 Å². The van der Waals surface area contributed by atoms with Crippen LogP contribution in [0, 0.1) is 6.92 Å². The molecule has 0 bridgehead atoms. The summed E-state index contributed by atoms with van der Waals surface area (Å²) in [7, 11) is 0. The maximum Gasteiger partial charge on any atom is 0.261 e. The van der Waals surface area contributed by atoms with Gasteiger partial charge in [-0.2, -0.15) is 0 Å². The quantitative estimate of drug-likeness (QED) is 0.585. The first-order valence-corrected chi connectivity index (χ1v) is 10.3.